The molecule has 0 saturated carbocycles. The Morgan fingerprint density at radius 3 is 2.44 bits per heavy atom. The predicted molar refractivity (Wildman–Crippen MR) is 116 cm³/mol. The Kier molecular flexibility index (Phi) is 6.32. The highest BCUT2D eigenvalue weighted by molar-refractivity contribution is 6.30. The molecule has 0 radical (unpaired) electrons. The average Bonchev–Trinajstić information content (AvgIpc) is 3.48. The van der Waals surface area contributed by atoms with Gasteiger partial charge in [0, 0.05) is 10.7 Å². The lowest BCUT2D eigenvalue weighted by Crippen LogP contribution is -2.34. The molecule has 4 aromatic rings. The number of nitrogens with one attached hydrogen (secondary N) is 2. The molecule has 4 rings (SSSR count). The molecule has 0 fully saturated rings. The van der Waals surface area contributed by atoms with Gasteiger partial charge in [0.25, 0.3) is 5.91 Å². The summed E-state index contributed by atoms with van der Waals surface area (Å²) >= 11 is 5.86. The first-order chi connectivity index (χ1) is 16.2. The molecular weight excluding hydrogens is 475 g/mol. The summed E-state index contributed by atoms with van der Waals surface area (Å²) in [5.41, 5.74) is -0.840. The van der Waals surface area contributed by atoms with Gasteiger partial charge in [0.1, 0.15) is 12.7 Å². The molecule has 2 aromatic heterocycles. The Hall–Kier alpha value is -4.19. The minimum absolute atomic E-state index is 0.0333. The van der Waals surface area contributed by atoms with E-state index in [1.807, 2.05) is 0 Å². The summed E-state index contributed by atoms with van der Waals surface area (Å²) in [4.78, 5) is 28.5. The number of carbonyl (C=O) groups excluding carboxylic acids is 2. The Morgan fingerprint density at radius 2 is 1.79 bits per heavy atom. The number of nitrogens with zero attached hydrogens (tertiary/aromatic N) is 5. The summed E-state index contributed by atoms with van der Waals surface area (Å²) < 4.78 is 43.3. The van der Waals surface area contributed by atoms with Gasteiger partial charge in [-0.2, -0.15) is 23.4 Å². The van der Waals surface area contributed by atoms with E-state index in [1.54, 1.807) is 24.3 Å². The predicted octanol–water partition coefficient (Wildman–Crippen LogP) is 3.49. The Labute approximate surface area is 195 Å². The topological polar surface area (TPSA) is 107 Å². The molecule has 0 unspecified atom stereocenters. The highest BCUT2D eigenvalue weighted by Crippen LogP contribution is 2.34. The van der Waals surface area contributed by atoms with Crippen LogP contribution in [0.4, 0.5) is 18.9 Å². The van der Waals surface area contributed by atoms with Crippen molar-refractivity contribution in [3.63, 3.8) is 0 Å². The number of benzene rings is 2. The van der Waals surface area contributed by atoms with E-state index in [1.165, 1.54) is 41.6 Å². The molecule has 2 N–H and O–H groups in total. The number of carbonyl (C=O) groups is 2. The molecule has 9 nitrogen and oxygen atoms in total. The fourth-order valence-corrected chi connectivity index (χ4v) is 3.28. The zero-order valence-corrected chi connectivity index (χ0v) is 17.9. The summed E-state index contributed by atoms with van der Waals surface area (Å²) in [7, 11) is 0. The van der Waals surface area contributed by atoms with Crippen LogP contribution in [0.15, 0.2) is 67.4 Å². The highest BCUT2D eigenvalue weighted by atomic mass is 35.5. The Bertz CT molecular complexity index is 1320. The standard InChI is InChI=1S/C21H15ClF3N7O2/c22-13-2-1-3-16(8-13)32-19(21(23,24)25)17(9-28-32)20(34)27-10-18(33)30-14-4-6-15(7-5-14)31-12-26-11-29-31/h1-9,11-12H,10H2,(H,27,34)(H,30,33). The average molecular weight is 490 g/mol. The molecule has 174 valence electrons. The summed E-state index contributed by atoms with van der Waals surface area (Å²) in [6.07, 6.45) is -1.21. The van der Waals surface area contributed by atoms with Crippen molar-refractivity contribution in [1.82, 2.24) is 29.9 Å². The van der Waals surface area contributed by atoms with Crippen molar-refractivity contribution < 1.29 is 22.8 Å². The van der Waals surface area contributed by atoms with E-state index in [-0.39, 0.29) is 10.7 Å². The Balaban J connectivity index is 1.44. The molecule has 34 heavy (non-hydrogen) atoms. The van der Waals surface area contributed by atoms with E-state index in [9.17, 15) is 22.8 Å². The first kappa shape index (κ1) is 23.0. The monoisotopic (exact) mass is 489 g/mol. The van der Waals surface area contributed by atoms with Crippen LogP contribution in [0.5, 0.6) is 0 Å². The molecule has 2 heterocycles. The van der Waals surface area contributed by atoms with Crippen LogP contribution in [0.25, 0.3) is 11.4 Å². The molecular formula is C21H15ClF3N7O2. The van der Waals surface area contributed by atoms with Crippen LogP contribution in [-0.4, -0.2) is 42.9 Å². The number of amides is 2. The normalized spacial score (nSPS) is 11.3. The van der Waals surface area contributed by atoms with Crippen LogP contribution in [-0.2, 0) is 11.0 Å². The maximum atomic E-state index is 13.7. The first-order valence-corrected chi connectivity index (χ1v) is 10.0. The SMILES string of the molecule is O=C(CNC(=O)c1cnn(-c2cccc(Cl)c2)c1C(F)(F)F)Nc1ccc(-n2cncn2)cc1. The van der Waals surface area contributed by atoms with Crippen LogP contribution < -0.4 is 10.6 Å². The molecule has 13 heteroatoms. The molecule has 0 bridgehead atoms. The second-order valence-corrected chi connectivity index (χ2v) is 7.35. The lowest BCUT2D eigenvalue weighted by Gasteiger charge is -2.13. The van der Waals surface area contributed by atoms with Crippen molar-refractivity contribution >= 4 is 29.1 Å². The van der Waals surface area contributed by atoms with Crippen LogP contribution in [0, 0.1) is 0 Å². The van der Waals surface area contributed by atoms with Crippen LogP contribution in [0.2, 0.25) is 5.02 Å². The zero-order valence-electron chi connectivity index (χ0n) is 17.1. The molecule has 0 atom stereocenters. The minimum Gasteiger partial charge on any atom is -0.343 e. The molecule has 2 amide bonds. The van der Waals surface area contributed by atoms with E-state index in [2.05, 4.69) is 25.8 Å². The maximum absolute atomic E-state index is 13.7. The van der Waals surface area contributed by atoms with Crippen molar-refractivity contribution in [1.29, 1.82) is 0 Å². The van der Waals surface area contributed by atoms with E-state index in [0.29, 0.717) is 16.1 Å². The summed E-state index contributed by atoms with van der Waals surface area (Å²) in [6, 6.07) is 12.2. The first-order valence-electron chi connectivity index (χ1n) is 9.66. The number of hydrogen-bond donors (Lipinski definition) is 2. The maximum Gasteiger partial charge on any atom is 0.434 e. The van der Waals surface area contributed by atoms with Gasteiger partial charge in [-0.15, -0.1) is 0 Å². The lowest BCUT2D eigenvalue weighted by molar-refractivity contribution is -0.143. The quantitative estimate of drug-likeness (QED) is 0.431. The molecule has 0 spiro atoms. The second kappa shape index (κ2) is 9.35. The van der Waals surface area contributed by atoms with Crippen molar-refractivity contribution in [2.75, 3.05) is 11.9 Å². The van der Waals surface area contributed by atoms with Gasteiger partial charge in [-0.3, -0.25) is 9.59 Å². The van der Waals surface area contributed by atoms with Crippen LogP contribution >= 0.6 is 11.6 Å². The molecule has 0 saturated heterocycles. The van der Waals surface area contributed by atoms with Gasteiger partial charge in [-0.05, 0) is 42.5 Å². The number of anilines is 1. The highest BCUT2D eigenvalue weighted by Gasteiger charge is 2.40. The Morgan fingerprint density at radius 1 is 1.03 bits per heavy atom. The van der Waals surface area contributed by atoms with Gasteiger partial charge < -0.3 is 10.6 Å². The van der Waals surface area contributed by atoms with E-state index in [4.69, 9.17) is 11.6 Å². The van der Waals surface area contributed by atoms with Crippen molar-refractivity contribution in [3.05, 3.63) is 83.7 Å². The third-order valence-electron chi connectivity index (χ3n) is 4.58. The van der Waals surface area contributed by atoms with Crippen molar-refractivity contribution in [2.24, 2.45) is 0 Å². The minimum atomic E-state index is -4.89. The number of aromatic nitrogens is 5. The summed E-state index contributed by atoms with van der Waals surface area (Å²) in [5.74, 6) is -1.73. The largest absolute Gasteiger partial charge is 0.434 e. The smallest absolute Gasteiger partial charge is 0.343 e. The third-order valence-corrected chi connectivity index (χ3v) is 4.81. The van der Waals surface area contributed by atoms with Gasteiger partial charge in [0.2, 0.25) is 5.91 Å². The number of halogens is 4. The van der Waals surface area contributed by atoms with E-state index in [0.717, 1.165) is 6.20 Å². The van der Waals surface area contributed by atoms with Gasteiger partial charge in [-0.25, -0.2) is 14.3 Å². The van der Waals surface area contributed by atoms with Gasteiger partial charge in [-0.1, -0.05) is 17.7 Å². The zero-order chi connectivity index (χ0) is 24.3. The number of alkyl halides is 3. The summed E-state index contributed by atoms with van der Waals surface area (Å²) in [6.45, 7) is -0.552. The fraction of sp³-hybridized carbons (Fsp3) is 0.0952. The van der Waals surface area contributed by atoms with Gasteiger partial charge in [0.15, 0.2) is 5.69 Å². The molecule has 0 aliphatic heterocycles. The van der Waals surface area contributed by atoms with Crippen LogP contribution in [0.3, 0.4) is 0 Å². The van der Waals surface area contributed by atoms with Gasteiger partial charge >= 0.3 is 6.18 Å². The van der Waals surface area contributed by atoms with Crippen molar-refractivity contribution in [2.45, 2.75) is 6.18 Å². The molecule has 2 aromatic carbocycles. The van der Waals surface area contributed by atoms with E-state index < -0.39 is 35.8 Å². The molecule has 0 aliphatic carbocycles. The third kappa shape index (κ3) is 5.07. The second-order valence-electron chi connectivity index (χ2n) is 6.91. The summed E-state index contributed by atoms with van der Waals surface area (Å²) in [5, 5.41) is 12.6. The van der Waals surface area contributed by atoms with E-state index >= 15 is 0 Å². The number of hydrogen-bond acceptors (Lipinski definition) is 5. The fourth-order valence-electron chi connectivity index (χ4n) is 3.09. The molecule has 0 aliphatic rings. The van der Waals surface area contributed by atoms with Crippen molar-refractivity contribution in [3.8, 4) is 11.4 Å². The number of rotatable bonds is 6. The van der Waals surface area contributed by atoms with Gasteiger partial charge in [0.05, 0.1) is 29.7 Å². The van der Waals surface area contributed by atoms with Crippen LogP contribution in [0.1, 0.15) is 16.1 Å². The lowest BCUT2D eigenvalue weighted by atomic mass is 10.2.